The van der Waals surface area contributed by atoms with Crippen LogP contribution in [-0.2, 0) is 34.7 Å². The molecule has 2 aliphatic rings. The van der Waals surface area contributed by atoms with E-state index in [1.165, 1.54) is 66.9 Å². The van der Waals surface area contributed by atoms with Crippen LogP contribution in [0.2, 0.25) is 0 Å². The summed E-state index contributed by atoms with van der Waals surface area (Å²) in [6.45, 7) is 23.6. The first-order chi connectivity index (χ1) is 27.5. The molecule has 6 aromatic carbocycles. The number of ether oxygens (including phenoxy) is 2. The minimum absolute atomic E-state index is 0.0652. The van der Waals surface area contributed by atoms with E-state index in [9.17, 15) is 0 Å². The highest BCUT2D eigenvalue weighted by Gasteiger charge is 2.31. The smallest absolute Gasteiger partial charge is 0.161 e. The fraction of sp³-hybridized carbons (Fsp3) is 0.333. The van der Waals surface area contributed by atoms with Crippen LogP contribution in [0.1, 0.15) is 117 Å². The number of anilines is 1. The predicted octanol–water partition coefficient (Wildman–Crippen LogP) is 12.4. The molecule has 0 radical (unpaired) electrons. The van der Waals surface area contributed by atoms with E-state index >= 15 is 0 Å². The molecule has 0 saturated carbocycles. The summed E-state index contributed by atoms with van der Waals surface area (Å²) >= 11 is 0. The molecule has 2 heterocycles. The molecule has 0 saturated heterocycles. The number of benzene rings is 6. The van der Waals surface area contributed by atoms with E-state index in [4.69, 9.17) is 9.47 Å². The first-order valence-electron chi connectivity index (χ1n) is 20.9. The third-order valence-corrected chi connectivity index (χ3v) is 13.6. The van der Waals surface area contributed by atoms with Gasteiger partial charge in [-0.05, 0) is 94.9 Å². The van der Waals surface area contributed by atoms with E-state index in [1.54, 1.807) is 0 Å². The van der Waals surface area contributed by atoms with E-state index in [0.717, 1.165) is 24.6 Å². The zero-order valence-corrected chi connectivity index (χ0v) is 36.2. The van der Waals surface area contributed by atoms with Crippen LogP contribution in [0.3, 0.4) is 0 Å². The maximum absolute atomic E-state index is 6.36. The lowest BCUT2D eigenvalue weighted by Crippen LogP contribution is -2.32. The molecule has 58 heavy (non-hydrogen) atoms. The summed E-state index contributed by atoms with van der Waals surface area (Å²) in [6.07, 6.45) is 0. The minimum atomic E-state index is -0.185. The van der Waals surface area contributed by atoms with Gasteiger partial charge in [0.2, 0.25) is 0 Å². The summed E-state index contributed by atoms with van der Waals surface area (Å²) < 4.78 is 12.3. The Bertz CT molecular complexity index is 2400. The number of hydrogen-bond acceptors (Lipinski definition) is 4. The molecule has 0 spiro atoms. The fourth-order valence-corrected chi connectivity index (χ4v) is 8.88. The van der Waals surface area contributed by atoms with Crippen molar-refractivity contribution in [2.75, 3.05) is 25.4 Å². The summed E-state index contributed by atoms with van der Waals surface area (Å²) in [5, 5.41) is 0. The van der Waals surface area contributed by atoms with Crippen molar-refractivity contribution in [2.45, 2.75) is 97.1 Å². The molecule has 6 aromatic rings. The van der Waals surface area contributed by atoms with Crippen LogP contribution in [0.15, 0.2) is 133 Å². The van der Waals surface area contributed by atoms with Crippen molar-refractivity contribution < 1.29 is 9.47 Å². The second kappa shape index (κ2) is 14.8. The van der Waals surface area contributed by atoms with Crippen molar-refractivity contribution >= 4 is 5.69 Å². The quantitative estimate of drug-likeness (QED) is 0.146. The van der Waals surface area contributed by atoms with Gasteiger partial charge in [-0.2, -0.15) is 0 Å². The van der Waals surface area contributed by atoms with Gasteiger partial charge < -0.3 is 14.4 Å². The maximum Gasteiger partial charge on any atom is 0.161 e. The highest BCUT2D eigenvalue weighted by Crippen LogP contribution is 2.41. The zero-order chi connectivity index (χ0) is 41.0. The lowest BCUT2D eigenvalue weighted by molar-refractivity contribution is 0.121. The first kappa shape index (κ1) is 39.5. The standard InChI is InChI=1S/C54H60N2O2/c1-37-11-13-40(14-12-37)51(2,3)41-15-17-42(18-16-41)52(4,5)45-23-27-48(28-24-45)56-34-39-32-47(26-30-50(39)58-36-56)54(8,9)44-21-19-43(20-22-44)53(6,7)46-25-29-49-38(31-46)33-55(10)35-57-49/h11-32H,33-36H2,1-10H3. The Balaban J connectivity index is 0.958. The van der Waals surface area contributed by atoms with E-state index < -0.39 is 0 Å². The molecular formula is C54H60N2O2. The van der Waals surface area contributed by atoms with Gasteiger partial charge in [0.05, 0.1) is 0 Å². The molecule has 0 fully saturated rings. The molecule has 4 nitrogen and oxygen atoms in total. The van der Waals surface area contributed by atoms with E-state index in [1.807, 2.05) is 0 Å². The Hall–Kier alpha value is -5.32. The molecule has 298 valence electrons. The highest BCUT2D eigenvalue weighted by molar-refractivity contribution is 5.55. The third kappa shape index (κ3) is 7.32. The second-order valence-electron chi connectivity index (χ2n) is 19.0. The predicted molar refractivity (Wildman–Crippen MR) is 241 cm³/mol. The molecule has 4 heteroatoms. The lowest BCUT2D eigenvalue weighted by Gasteiger charge is -2.34. The Morgan fingerprint density at radius 2 is 0.724 bits per heavy atom. The Morgan fingerprint density at radius 1 is 0.397 bits per heavy atom. The van der Waals surface area contributed by atoms with Crippen molar-refractivity contribution in [1.29, 1.82) is 0 Å². The van der Waals surface area contributed by atoms with Crippen LogP contribution in [0.5, 0.6) is 11.5 Å². The Morgan fingerprint density at radius 3 is 1.16 bits per heavy atom. The first-order valence-corrected chi connectivity index (χ1v) is 20.9. The molecule has 0 aromatic heterocycles. The normalized spacial score (nSPS) is 15.0. The molecule has 0 unspecified atom stereocenters. The van der Waals surface area contributed by atoms with Crippen LogP contribution in [0, 0.1) is 6.92 Å². The van der Waals surface area contributed by atoms with Gasteiger partial charge in [-0.1, -0.05) is 158 Å². The second-order valence-corrected chi connectivity index (χ2v) is 19.0. The number of fused-ring (bicyclic) bond motifs is 2. The molecular weight excluding hydrogens is 709 g/mol. The van der Waals surface area contributed by atoms with E-state index in [0.29, 0.717) is 13.5 Å². The van der Waals surface area contributed by atoms with Crippen molar-refractivity contribution in [3.63, 3.8) is 0 Å². The summed E-state index contributed by atoms with van der Waals surface area (Å²) in [4.78, 5) is 4.54. The molecule has 0 N–H and O–H groups in total. The number of nitrogens with zero attached hydrogens (tertiary/aromatic N) is 2. The molecule has 0 atom stereocenters. The van der Waals surface area contributed by atoms with Crippen molar-refractivity contribution in [3.05, 3.63) is 195 Å². The topological polar surface area (TPSA) is 24.9 Å². The largest absolute Gasteiger partial charge is 0.478 e. The van der Waals surface area contributed by atoms with Crippen LogP contribution < -0.4 is 14.4 Å². The third-order valence-electron chi connectivity index (χ3n) is 13.6. The fourth-order valence-electron chi connectivity index (χ4n) is 8.88. The molecule has 0 bridgehead atoms. The highest BCUT2D eigenvalue weighted by atomic mass is 16.5. The van der Waals surface area contributed by atoms with Gasteiger partial charge in [0.1, 0.15) is 18.2 Å². The maximum atomic E-state index is 6.36. The van der Waals surface area contributed by atoms with Crippen LogP contribution >= 0.6 is 0 Å². The van der Waals surface area contributed by atoms with E-state index in [2.05, 4.69) is 213 Å². The van der Waals surface area contributed by atoms with Gasteiger partial charge in [0.25, 0.3) is 0 Å². The van der Waals surface area contributed by atoms with Gasteiger partial charge in [-0.25, -0.2) is 0 Å². The van der Waals surface area contributed by atoms with Crippen LogP contribution in [0.4, 0.5) is 5.69 Å². The monoisotopic (exact) mass is 768 g/mol. The van der Waals surface area contributed by atoms with Gasteiger partial charge in [-0.3, -0.25) is 4.90 Å². The van der Waals surface area contributed by atoms with Crippen molar-refractivity contribution in [3.8, 4) is 11.5 Å². The number of rotatable bonds is 9. The summed E-state index contributed by atoms with van der Waals surface area (Å²) in [7, 11) is 2.10. The summed E-state index contributed by atoms with van der Waals surface area (Å²) in [5.74, 6) is 1.98. The van der Waals surface area contributed by atoms with E-state index in [-0.39, 0.29) is 21.7 Å². The average molecular weight is 769 g/mol. The number of aryl methyl sites for hydroxylation is 1. The van der Waals surface area contributed by atoms with Crippen molar-refractivity contribution in [2.24, 2.45) is 0 Å². The molecule has 8 rings (SSSR count). The van der Waals surface area contributed by atoms with Crippen LogP contribution in [-0.4, -0.2) is 25.4 Å². The Labute approximate surface area is 347 Å². The summed E-state index contributed by atoms with van der Waals surface area (Å²) in [5.41, 5.74) is 14.9. The van der Waals surface area contributed by atoms with Crippen LogP contribution in [0.25, 0.3) is 0 Å². The zero-order valence-electron chi connectivity index (χ0n) is 36.2. The van der Waals surface area contributed by atoms with Gasteiger partial charge in [0.15, 0.2) is 6.73 Å². The SMILES string of the molecule is Cc1ccc(C(C)(C)c2ccc(C(C)(C)c3ccc(N4COc5ccc(C(C)(C)c6ccc(C(C)(C)c7ccc8c(c7)CN(C)CO8)cc6)cc5C4)cc3)cc2)cc1. The van der Waals surface area contributed by atoms with Gasteiger partial charge in [-0.15, -0.1) is 0 Å². The Kier molecular flexibility index (Phi) is 10.1. The number of hydrogen-bond donors (Lipinski definition) is 0. The van der Waals surface area contributed by atoms with Crippen molar-refractivity contribution in [1.82, 2.24) is 4.90 Å². The van der Waals surface area contributed by atoms with Gasteiger partial charge in [0, 0.05) is 51.6 Å². The summed E-state index contributed by atoms with van der Waals surface area (Å²) in [6, 6.07) is 50.0. The lowest BCUT2D eigenvalue weighted by atomic mass is 9.74. The molecule has 0 amide bonds. The molecule has 2 aliphatic heterocycles. The minimum Gasteiger partial charge on any atom is -0.478 e. The molecule has 0 aliphatic carbocycles. The van der Waals surface area contributed by atoms with Gasteiger partial charge >= 0.3 is 0 Å². The average Bonchev–Trinajstić information content (AvgIpc) is 3.23.